The van der Waals surface area contributed by atoms with Gasteiger partial charge in [0.1, 0.15) is 5.83 Å². The Morgan fingerprint density at radius 1 is 1.73 bits per heavy atom. The largest absolute Gasteiger partial charge is 0.396 e. The van der Waals surface area contributed by atoms with Gasteiger partial charge in [-0.15, -0.1) is 0 Å². The predicted molar refractivity (Wildman–Crippen MR) is 51.4 cm³/mol. The fraction of sp³-hybridized carbons (Fsp3) is 0.500. The SMILES string of the molecule is OCCC1(I)C=CC(F)=CC1. The van der Waals surface area contributed by atoms with Crippen LogP contribution in [0.2, 0.25) is 0 Å². The van der Waals surface area contributed by atoms with Crippen LogP contribution < -0.4 is 0 Å². The number of allylic oxidation sites excluding steroid dienone is 4. The van der Waals surface area contributed by atoms with E-state index in [1.54, 1.807) is 6.08 Å². The van der Waals surface area contributed by atoms with Crippen LogP contribution in [0.25, 0.3) is 0 Å². The van der Waals surface area contributed by atoms with E-state index in [0.717, 1.165) is 0 Å². The first-order valence-corrected chi connectivity index (χ1v) is 4.59. The molecule has 0 heterocycles. The van der Waals surface area contributed by atoms with Crippen molar-refractivity contribution < 1.29 is 9.50 Å². The van der Waals surface area contributed by atoms with Crippen LogP contribution in [0.3, 0.4) is 0 Å². The third-order valence-corrected chi connectivity index (χ3v) is 3.04. The molecular weight excluding hydrogens is 258 g/mol. The van der Waals surface area contributed by atoms with Crippen molar-refractivity contribution in [3.63, 3.8) is 0 Å². The van der Waals surface area contributed by atoms with Crippen molar-refractivity contribution in [1.82, 2.24) is 0 Å². The zero-order chi connectivity index (χ0) is 8.32. The van der Waals surface area contributed by atoms with Crippen LogP contribution in [0.4, 0.5) is 4.39 Å². The van der Waals surface area contributed by atoms with Gasteiger partial charge in [-0.3, -0.25) is 0 Å². The number of rotatable bonds is 2. The molecule has 0 amide bonds. The fourth-order valence-corrected chi connectivity index (χ4v) is 1.64. The van der Waals surface area contributed by atoms with E-state index in [2.05, 4.69) is 22.6 Å². The molecule has 0 aliphatic heterocycles. The highest BCUT2D eigenvalue weighted by Gasteiger charge is 2.23. The molecule has 0 spiro atoms. The van der Waals surface area contributed by atoms with Crippen LogP contribution in [-0.4, -0.2) is 15.1 Å². The molecule has 62 valence electrons. The first-order chi connectivity index (χ1) is 5.16. The smallest absolute Gasteiger partial charge is 0.119 e. The predicted octanol–water partition coefficient (Wildman–Crippen LogP) is 2.36. The molecule has 1 atom stereocenters. The van der Waals surface area contributed by atoms with Gasteiger partial charge in [-0.1, -0.05) is 28.7 Å². The van der Waals surface area contributed by atoms with E-state index < -0.39 is 0 Å². The Morgan fingerprint density at radius 3 is 2.91 bits per heavy atom. The lowest BCUT2D eigenvalue weighted by Gasteiger charge is -2.23. The number of halogens is 2. The summed E-state index contributed by atoms with van der Waals surface area (Å²) >= 11 is 2.24. The van der Waals surface area contributed by atoms with Gasteiger partial charge in [-0.05, 0) is 25.0 Å². The molecule has 0 bridgehead atoms. The molecule has 1 aliphatic carbocycles. The summed E-state index contributed by atoms with van der Waals surface area (Å²) in [6, 6.07) is 0. The van der Waals surface area contributed by atoms with Crippen molar-refractivity contribution in [2.75, 3.05) is 6.61 Å². The summed E-state index contributed by atoms with van der Waals surface area (Å²) in [4.78, 5) is 0. The molecular formula is C8H10FIO. The third-order valence-electron chi connectivity index (χ3n) is 1.71. The second-order valence-corrected chi connectivity index (χ2v) is 4.78. The van der Waals surface area contributed by atoms with Crippen molar-refractivity contribution >= 4 is 22.6 Å². The minimum absolute atomic E-state index is 0.0674. The Labute approximate surface area is 79.1 Å². The monoisotopic (exact) mass is 268 g/mol. The van der Waals surface area contributed by atoms with E-state index in [4.69, 9.17) is 5.11 Å². The van der Waals surface area contributed by atoms with Crippen LogP contribution in [-0.2, 0) is 0 Å². The van der Waals surface area contributed by atoms with Crippen LogP contribution in [0.5, 0.6) is 0 Å². The molecule has 1 N–H and O–H groups in total. The summed E-state index contributed by atoms with van der Waals surface area (Å²) < 4.78 is 12.4. The molecule has 0 aromatic carbocycles. The molecule has 1 nitrogen and oxygen atoms in total. The zero-order valence-electron chi connectivity index (χ0n) is 6.06. The van der Waals surface area contributed by atoms with E-state index in [1.165, 1.54) is 6.08 Å². The van der Waals surface area contributed by atoms with Gasteiger partial charge in [0.25, 0.3) is 0 Å². The van der Waals surface area contributed by atoms with E-state index in [9.17, 15) is 4.39 Å². The van der Waals surface area contributed by atoms with E-state index >= 15 is 0 Å². The summed E-state index contributed by atoms with van der Waals surface area (Å²) in [7, 11) is 0. The molecule has 11 heavy (non-hydrogen) atoms. The topological polar surface area (TPSA) is 20.2 Å². The van der Waals surface area contributed by atoms with Crippen LogP contribution in [0.15, 0.2) is 24.1 Å². The highest BCUT2D eigenvalue weighted by molar-refractivity contribution is 14.1. The van der Waals surface area contributed by atoms with Gasteiger partial charge < -0.3 is 5.11 Å². The minimum Gasteiger partial charge on any atom is -0.396 e. The Hall–Kier alpha value is 0.1000. The molecule has 1 unspecified atom stereocenters. The van der Waals surface area contributed by atoms with Crippen molar-refractivity contribution in [3.8, 4) is 0 Å². The summed E-state index contributed by atoms with van der Waals surface area (Å²) in [6.45, 7) is 0.155. The van der Waals surface area contributed by atoms with Gasteiger partial charge in [0.05, 0.1) is 0 Å². The maximum atomic E-state index is 12.5. The normalized spacial score (nSPS) is 30.3. The van der Waals surface area contributed by atoms with Crippen LogP contribution in [0, 0.1) is 0 Å². The highest BCUT2D eigenvalue weighted by Crippen LogP contribution is 2.33. The zero-order valence-corrected chi connectivity index (χ0v) is 8.21. The van der Waals surface area contributed by atoms with Crippen molar-refractivity contribution in [2.24, 2.45) is 0 Å². The molecule has 1 rings (SSSR count). The van der Waals surface area contributed by atoms with Gasteiger partial charge in [0.15, 0.2) is 0 Å². The Balaban J connectivity index is 2.58. The van der Waals surface area contributed by atoms with Gasteiger partial charge in [0.2, 0.25) is 0 Å². The number of hydrogen-bond donors (Lipinski definition) is 1. The second-order valence-electron chi connectivity index (χ2n) is 2.63. The fourth-order valence-electron chi connectivity index (χ4n) is 1.00. The first kappa shape index (κ1) is 9.19. The molecule has 0 radical (unpaired) electrons. The highest BCUT2D eigenvalue weighted by atomic mass is 127. The second kappa shape index (κ2) is 3.67. The summed E-state index contributed by atoms with van der Waals surface area (Å²) in [5.74, 6) is -0.171. The Bertz CT molecular complexity index is 200. The van der Waals surface area contributed by atoms with Crippen molar-refractivity contribution in [2.45, 2.75) is 16.3 Å². The molecule has 0 fully saturated rings. The molecule has 0 saturated carbocycles. The summed E-state index contributed by atoms with van der Waals surface area (Å²) in [5.41, 5.74) is 0. The Kier molecular flexibility index (Phi) is 3.06. The lowest BCUT2D eigenvalue weighted by Crippen LogP contribution is -2.19. The quantitative estimate of drug-likeness (QED) is 0.602. The van der Waals surface area contributed by atoms with Crippen LogP contribution >= 0.6 is 22.6 Å². The van der Waals surface area contributed by atoms with Gasteiger partial charge in [-0.25, -0.2) is 4.39 Å². The van der Waals surface area contributed by atoms with E-state index in [-0.39, 0.29) is 15.9 Å². The third kappa shape index (κ3) is 2.56. The average molecular weight is 268 g/mol. The van der Waals surface area contributed by atoms with Gasteiger partial charge in [-0.2, -0.15) is 0 Å². The lowest BCUT2D eigenvalue weighted by molar-refractivity contribution is 0.279. The van der Waals surface area contributed by atoms with E-state index in [1.807, 2.05) is 6.08 Å². The van der Waals surface area contributed by atoms with Crippen molar-refractivity contribution in [1.29, 1.82) is 0 Å². The van der Waals surface area contributed by atoms with E-state index in [0.29, 0.717) is 12.8 Å². The maximum Gasteiger partial charge on any atom is 0.119 e. The molecule has 0 saturated heterocycles. The van der Waals surface area contributed by atoms with Crippen LogP contribution in [0.1, 0.15) is 12.8 Å². The van der Waals surface area contributed by atoms with Crippen molar-refractivity contribution in [3.05, 3.63) is 24.1 Å². The average Bonchev–Trinajstić information content (AvgIpc) is 1.97. The number of hydrogen-bond acceptors (Lipinski definition) is 1. The Morgan fingerprint density at radius 2 is 2.45 bits per heavy atom. The number of aliphatic hydroxyl groups excluding tert-OH is 1. The molecule has 0 aromatic rings. The standard InChI is InChI=1S/C8H10FIO/c9-7-1-3-8(10,4-2-7)5-6-11/h1-3,11H,4-6H2. The first-order valence-electron chi connectivity index (χ1n) is 3.51. The van der Waals surface area contributed by atoms with Gasteiger partial charge >= 0.3 is 0 Å². The minimum atomic E-state index is -0.171. The summed E-state index contributed by atoms with van der Waals surface area (Å²) in [6.07, 6.45) is 6.21. The molecule has 3 heteroatoms. The maximum absolute atomic E-state index is 12.5. The summed E-state index contributed by atoms with van der Waals surface area (Å²) in [5, 5.41) is 8.70. The number of alkyl halides is 1. The molecule has 1 aliphatic rings. The lowest BCUT2D eigenvalue weighted by atomic mass is 9.97. The van der Waals surface area contributed by atoms with Gasteiger partial charge in [0, 0.05) is 10.0 Å². The number of aliphatic hydroxyl groups is 1. The molecule has 0 aromatic heterocycles.